The lowest BCUT2D eigenvalue weighted by atomic mass is 9.74. The van der Waals surface area contributed by atoms with E-state index in [4.69, 9.17) is 0 Å². The molecule has 1 unspecified atom stereocenters. The minimum atomic E-state index is -3.46. The smallest absolute Gasteiger partial charge is 0.196 e. The average Bonchev–Trinajstić information content (AvgIpc) is 3.43. The molecule has 36 heavy (non-hydrogen) atoms. The third-order valence-electron chi connectivity index (χ3n) is 6.79. The summed E-state index contributed by atoms with van der Waals surface area (Å²) < 4.78 is 15.6. The Labute approximate surface area is 218 Å². The Morgan fingerprint density at radius 1 is 0.750 bits per heavy atom. The van der Waals surface area contributed by atoms with Crippen molar-refractivity contribution in [3.63, 3.8) is 0 Å². The molecule has 0 fully saturated rings. The van der Waals surface area contributed by atoms with Crippen LogP contribution in [-0.2, 0) is 4.57 Å². The number of ketones is 1. The number of allylic oxidation sites excluding steroid dienone is 1. The lowest BCUT2D eigenvalue weighted by Gasteiger charge is -2.47. The molecule has 1 aromatic heterocycles. The minimum Gasteiger partial charge on any atom is -0.375 e. The van der Waals surface area contributed by atoms with Crippen LogP contribution in [0.3, 0.4) is 0 Å². The molecule has 0 aliphatic rings. The van der Waals surface area contributed by atoms with Crippen LogP contribution in [-0.4, -0.2) is 11.3 Å². The van der Waals surface area contributed by atoms with E-state index in [9.17, 15) is 4.79 Å². The quantitative estimate of drug-likeness (QED) is 0.149. The first-order valence-electron chi connectivity index (χ1n) is 12.0. The van der Waals surface area contributed by atoms with Gasteiger partial charge in [-0.2, -0.15) is 0 Å². The average molecular weight is 514 g/mol. The van der Waals surface area contributed by atoms with Crippen LogP contribution in [0.1, 0.15) is 37.4 Å². The second-order valence-corrected chi connectivity index (χ2v) is 13.7. The van der Waals surface area contributed by atoms with E-state index in [2.05, 4.69) is 33.0 Å². The second-order valence-electron chi connectivity index (χ2n) is 10.0. The molecule has 3 nitrogen and oxygen atoms in total. The van der Waals surface area contributed by atoms with Crippen LogP contribution in [0.15, 0.2) is 120 Å². The van der Waals surface area contributed by atoms with Gasteiger partial charge in [-0.25, -0.2) is 0 Å². The van der Waals surface area contributed by atoms with Crippen LogP contribution < -0.4 is 15.9 Å². The van der Waals surface area contributed by atoms with Crippen molar-refractivity contribution < 1.29 is 9.36 Å². The summed E-state index contributed by atoms with van der Waals surface area (Å²) in [4.78, 5) is 14.3. The maximum atomic E-state index is 15.6. The number of hydrogen-bond donors (Lipinski definition) is 1. The molecule has 184 valence electrons. The van der Waals surface area contributed by atoms with E-state index in [-0.39, 0.29) is 5.78 Å². The Bertz CT molecular complexity index is 1330. The number of thiophene rings is 1. The van der Waals surface area contributed by atoms with Crippen molar-refractivity contribution in [3.05, 3.63) is 125 Å². The van der Waals surface area contributed by atoms with Gasteiger partial charge in [0, 0.05) is 21.6 Å². The topological polar surface area (TPSA) is 46.2 Å². The lowest BCUT2D eigenvalue weighted by molar-refractivity contribution is 0.104. The van der Waals surface area contributed by atoms with Crippen molar-refractivity contribution in [1.82, 2.24) is 0 Å². The van der Waals surface area contributed by atoms with Gasteiger partial charge < -0.3 is 9.88 Å². The molecule has 4 rings (SSSR count). The zero-order chi connectivity index (χ0) is 25.8. The van der Waals surface area contributed by atoms with E-state index in [0.29, 0.717) is 20.8 Å². The first-order chi connectivity index (χ1) is 17.2. The summed E-state index contributed by atoms with van der Waals surface area (Å²) in [6, 6.07) is 32.7. The minimum absolute atomic E-state index is 0.141. The van der Waals surface area contributed by atoms with Gasteiger partial charge in [0.05, 0.1) is 10.4 Å². The number of hydrogen-bond acceptors (Lipinski definition) is 4. The largest absolute Gasteiger partial charge is 0.375 e. The van der Waals surface area contributed by atoms with Gasteiger partial charge >= 0.3 is 0 Å². The molecule has 0 bridgehead atoms. The van der Waals surface area contributed by atoms with Crippen molar-refractivity contribution in [2.45, 2.75) is 33.2 Å². The molecule has 1 heterocycles. The summed E-state index contributed by atoms with van der Waals surface area (Å²) in [5.74, 6) is -0.141. The van der Waals surface area contributed by atoms with Crippen LogP contribution in [0.2, 0.25) is 0 Å². The third kappa shape index (κ3) is 5.02. The maximum absolute atomic E-state index is 15.6. The number of anilines is 1. The summed E-state index contributed by atoms with van der Waals surface area (Å²) >= 11 is 1.39. The summed E-state index contributed by atoms with van der Waals surface area (Å²) in [6.45, 7) is 8.41. The number of nitrogens with one attached hydrogen (secondary N) is 1. The van der Waals surface area contributed by atoms with Crippen molar-refractivity contribution in [2.75, 3.05) is 5.32 Å². The van der Waals surface area contributed by atoms with Gasteiger partial charge in [-0.3, -0.25) is 4.79 Å². The molecule has 0 aliphatic carbocycles. The molecule has 0 spiro atoms. The Balaban J connectivity index is 2.06. The number of carbonyl (C=O) groups is 1. The summed E-state index contributed by atoms with van der Waals surface area (Å²) in [5.41, 5.74) is -0.358. The zero-order valence-electron chi connectivity index (χ0n) is 21.1. The van der Waals surface area contributed by atoms with Gasteiger partial charge in [0.1, 0.15) is 0 Å². The summed E-state index contributed by atoms with van der Waals surface area (Å²) in [7, 11) is -3.46. The normalized spacial score (nSPS) is 14.2. The highest BCUT2D eigenvalue weighted by Gasteiger charge is 2.49. The van der Waals surface area contributed by atoms with E-state index < -0.39 is 18.1 Å². The SMILES string of the molecule is CC(C)(C)C(C)(Nc1ccccc1)/C(=C/C(=O)c1cccs1)P(=O)(c1ccccc1)c1ccccc1. The number of para-hydroxylation sites is 1. The van der Waals surface area contributed by atoms with Gasteiger partial charge in [0.2, 0.25) is 0 Å². The van der Waals surface area contributed by atoms with E-state index in [1.807, 2.05) is 109 Å². The molecule has 0 radical (unpaired) electrons. The van der Waals surface area contributed by atoms with E-state index >= 15 is 4.57 Å². The van der Waals surface area contributed by atoms with Crippen LogP contribution in [0.25, 0.3) is 0 Å². The fourth-order valence-corrected chi connectivity index (χ4v) is 8.31. The summed E-state index contributed by atoms with van der Waals surface area (Å²) in [6.07, 6.45) is 1.63. The summed E-state index contributed by atoms with van der Waals surface area (Å²) in [5, 5.41) is 7.58. The van der Waals surface area contributed by atoms with E-state index in [1.54, 1.807) is 6.08 Å². The van der Waals surface area contributed by atoms with Gasteiger partial charge in [-0.1, -0.05) is 106 Å². The lowest BCUT2D eigenvalue weighted by Crippen LogP contribution is -2.50. The predicted molar refractivity (Wildman–Crippen MR) is 154 cm³/mol. The van der Waals surface area contributed by atoms with Crippen molar-refractivity contribution in [2.24, 2.45) is 5.41 Å². The van der Waals surface area contributed by atoms with Crippen molar-refractivity contribution >= 4 is 40.6 Å². The molecule has 0 saturated carbocycles. The Kier molecular flexibility index (Phi) is 7.49. The molecule has 0 amide bonds. The third-order valence-corrected chi connectivity index (χ3v) is 11.0. The van der Waals surface area contributed by atoms with E-state index in [1.165, 1.54) is 11.3 Å². The van der Waals surface area contributed by atoms with Gasteiger partial charge in [0.25, 0.3) is 0 Å². The molecule has 1 N–H and O–H groups in total. The van der Waals surface area contributed by atoms with Gasteiger partial charge in [-0.05, 0) is 42.0 Å². The Morgan fingerprint density at radius 3 is 1.69 bits per heavy atom. The highest BCUT2D eigenvalue weighted by atomic mass is 32.1. The molecule has 1 atom stereocenters. The van der Waals surface area contributed by atoms with E-state index in [0.717, 1.165) is 5.69 Å². The van der Waals surface area contributed by atoms with Crippen LogP contribution in [0, 0.1) is 5.41 Å². The predicted octanol–water partition coefficient (Wildman–Crippen LogP) is 7.75. The first kappa shape index (κ1) is 25.9. The maximum Gasteiger partial charge on any atom is 0.196 e. The van der Waals surface area contributed by atoms with Crippen molar-refractivity contribution in [1.29, 1.82) is 0 Å². The number of benzene rings is 3. The molecule has 0 aliphatic heterocycles. The standard InChI is InChI=1S/C31H32NO2PS/c1-30(2,3)31(4,32-24-15-8-5-9-16-24)29(23-27(33)28-21-14-22-36-28)35(34,25-17-10-6-11-18-25)26-19-12-7-13-20-26/h5-23,32H,1-4H3/b29-23-. The fraction of sp³-hybridized carbons (Fsp3) is 0.194. The zero-order valence-corrected chi connectivity index (χ0v) is 22.9. The van der Waals surface area contributed by atoms with Crippen molar-refractivity contribution in [3.8, 4) is 0 Å². The van der Waals surface area contributed by atoms with Gasteiger partial charge in [-0.15, -0.1) is 11.3 Å². The highest BCUT2D eigenvalue weighted by Crippen LogP contribution is 2.60. The van der Waals surface area contributed by atoms with Gasteiger partial charge in [0.15, 0.2) is 12.9 Å². The highest BCUT2D eigenvalue weighted by molar-refractivity contribution is 7.82. The van der Waals surface area contributed by atoms with Crippen LogP contribution in [0.5, 0.6) is 0 Å². The van der Waals surface area contributed by atoms with Crippen LogP contribution in [0.4, 0.5) is 5.69 Å². The second kappa shape index (κ2) is 10.4. The molecule has 3 aromatic carbocycles. The Hall–Kier alpha value is -3.20. The molecular formula is C31H32NO2PS. The molecular weight excluding hydrogens is 481 g/mol. The molecule has 0 saturated heterocycles. The Morgan fingerprint density at radius 2 is 1.25 bits per heavy atom. The number of carbonyl (C=O) groups excluding carboxylic acids is 1. The molecule has 5 heteroatoms. The van der Waals surface area contributed by atoms with Crippen LogP contribution >= 0.6 is 18.5 Å². The number of rotatable bonds is 8. The monoisotopic (exact) mass is 513 g/mol. The first-order valence-corrected chi connectivity index (χ1v) is 14.6. The molecule has 4 aromatic rings. The fourth-order valence-electron chi connectivity index (χ4n) is 4.31.